The Morgan fingerprint density at radius 1 is 0.400 bits per heavy atom. The van der Waals surface area contributed by atoms with Gasteiger partial charge in [-0.3, -0.25) is 24.2 Å². The molecule has 9 nitrogen and oxygen atoms in total. The van der Waals surface area contributed by atoms with Crippen LogP contribution in [0.4, 0.5) is 0 Å². The van der Waals surface area contributed by atoms with Crippen LogP contribution in [-0.4, -0.2) is 134 Å². The fourth-order valence-electron chi connectivity index (χ4n) is 9.40. The van der Waals surface area contributed by atoms with Crippen molar-refractivity contribution in [2.75, 3.05) is 91.7 Å². The number of hydrogen-bond acceptors (Lipinski definition) is 7. The monoisotopic (exact) mass is 918 g/mol. The zero-order valence-electron chi connectivity index (χ0n) is 44.5. The number of nitrogens with zero attached hydrogens (tertiary/aromatic N) is 5. The zero-order chi connectivity index (χ0) is 47.4. The molecule has 1 fully saturated rings. The lowest BCUT2D eigenvalue weighted by Gasteiger charge is -2.37. The van der Waals surface area contributed by atoms with Crippen molar-refractivity contribution in [3.8, 4) is 0 Å². The van der Waals surface area contributed by atoms with Crippen LogP contribution in [0.1, 0.15) is 247 Å². The molecule has 0 spiro atoms. The molecule has 0 bridgehead atoms. The van der Waals surface area contributed by atoms with E-state index in [-0.39, 0.29) is 23.7 Å². The van der Waals surface area contributed by atoms with Crippen molar-refractivity contribution >= 4 is 17.8 Å². The number of carbonyl (C=O) groups excluding carboxylic acids is 3. The van der Waals surface area contributed by atoms with Crippen LogP contribution in [-0.2, 0) is 19.1 Å². The Balaban J connectivity index is 2.84. The van der Waals surface area contributed by atoms with E-state index in [0.29, 0.717) is 52.3 Å². The Hall–Kier alpha value is -1.71. The highest BCUT2D eigenvalue weighted by molar-refractivity contribution is 5.80. The van der Waals surface area contributed by atoms with Crippen LogP contribution in [0.25, 0.3) is 0 Å². The van der Waals surface area contributed by atoms with Crippen molar-refractivity contribution in [3.05, 3.63) is 0 Å². The van der Waals surface area contributed by atoms with E-state index in [4.69, 9.17) is 4.74 Å². The van der Waals surface area contributed by atoms with Gasteiger partial charge in [0.05, 0.1) is 19.7 Å². The van der Waals surface area contributed by atoms with Crippen LogP contribution in [0.3, 0.4) is 0 Å². The second-order valence-corrected chi connectivity index (χ2v) is 20.3. The molecule has 0 aromatic rings. The summed E-state index contributed by atoms with van der Waals surface area (Å²) in [6.07, 6.45) is 40.0. The van der Waals surface area contributed by atoms with Gasteiger partial charge in [-0.2, -0.15) is 0 Å². The van der Waals surface area contributed by atoms with Crippen LogP contribution in [0, 0.1) is 5.92 Å². The van der Waals surface area contributed by atoms with E-state index in [0.717, 1.165) is 64.8 Å². The molecule has 0 aromatic carbocycles. The molecule has 1 unspecified atom stereocenters. The topological polar surface area (TPSA) is 76.6 Å². The minimum Gasteiger partial charge on any atom is -0.465 e. The predicted octanol–water partition coefficient (Wildman–Crippen LogP) is 13.3. The number of unbranched alkanes of at least 4 members (excludes halogenated alkanes) is 26. The van der Waals surface area contributed by atoms with E-state index in [1.807, 2.05) is 9.80 Å². The fourth-order valence-corrected chi connectivity index (χ4v) is 9.40. The lowest BCUT2D eigenvalue weighted by Crippen LogP contribution is -2.54. The quantitative estimate of drug-likeness (QED) is 0.0444. The van der Waals surface area contributed by atoms with Gasteiger partial charge < -0.3 is 19.4 Å². The molecule has 1 aliphatic heterocycles. The summed E-state index contributed by atoms with van der Waals surface area (Å²) in [6.45, 7) is 24.1. The summed E-state index contributed by atoms with van der Waals surface area (Å²) in [5, 5.41) is 0. The zero-order valence-corrected chi connectivity index (χ0v) is 44.5. The summed E-state index contributed by atoms with van der Waals surface area (Å²) < 4.78 is 5.65. The average molecular weight is 919 g/mol. The molecular formula is C56H111N5O4. The predicted molar refractivity (Wildman–Crippen MR) is 279 cm³/mol. The Kier molecular flexibility index (Phi) is 42.2. The summed E-state index contributed by atoms with van der Waals surface area (Å²) in [4.78, 5) is 51.7. The number of ether oxygens (including phenoxy) is 1. The molecule has 0 aliphatic carbocycles. The summed E-state index contributed by atoms with van der Waals surface area (Å²) in [6, 6.07) is 0. The highest BCUT2D eigenvalue weighted by atomic mass is 16.5. The first-order chi connectivity index (χ1) is 31.8. The largest absolute Gasteiger partial charge is 0.465 e. The van der Waals surface area contributed by atoms with E-state index >= 15 is 0 Å². The summed E-state index contributed by atoms with van der Waals surface area (Å²) in [5.74, 6) is 0.442. The standard InChI is InChI=1S/C56H111N5O4/c1-7-12-17-21-25-29-34-39-57(40-35-30-26-22-18-13-8-2)43-44-58(41-36-31-27-23-19-14-9-3)50-54(62)60-45-47-61(48-46-60)55(63)51-59(42-37-32-28-24-20-15-10-4)49-53(6)52-65-56(64)38-33-16-11-5/h53H,7-52H2,1-6H3. The average Bonchev–Trinajstić information content (AvgIpc) is 3.30. The normalized spacial score (nSPS) is 13.7. The van der Waals surface area contributed by atoms with Crippen molar-refractivity contribution in [2.45, 2.75) is 247 Å². The fraction of sp³-hybridized carbons (Fsp3) is 0.946. The van der Waals surface area contributed by atoms with Gasteiger partial charge in [-0.1, -0.05) is 208 Å². The third kappa shape index (κ3) is 36.0. The van der Waals surface area contributed by atoms with E-state index < -0.39 is 0 Å². The van der Waals surface area contributed by atoms with Gasteiger partial charge in [0.2, 0.25) is 11.8 Å². The Morgan fingerprint density at radius 3 is 1.11 bits per heavy atom. The van der Waals surface area contributed by atoms with Gasteiger partial charge in [-0.25, -0.2) is 0 Å². The van der Waals surface area contributed by atoms with Gasteiger partial charge in [0.25, 0.3) is 0 Å². The molecule has 1 heterocycles. The van der Waals surface area contributed by atoms with E-state index in [2.05, 4.69) is 56.2 Å². The van der Waals surface area contributed by atoms with Crippen molar-refractivity contribution in [1.82, 2.24) is 24.5 Å². The van der Waals surface area contributed by atoms with Gasteiger partial charge in [0, 0.05) is 58.2 Å². The van der Waals surface area contributed by atoms with Gasteiger partial charge in [0.15, 0.2) is 0 Å². The molecule has 1 rings (SSSR count). The highest BCUT2D eigenvalue weighted by Gasteiger charge is 2.27. The van der Waals surface area contributed by atoms with E-state index in [9.17, 15) is 14.4 Å². The summed E-state index contributed by atoms with van der Waals surface area (Å²) in [7, 11) is 0. The number of amides is 2. The van der Waals surface area contributed by atoms with Crippen molar-refractivity contribution in [3.63, 3.8) is 0 Å². The van der Waals surface area contributed by atoms with Crippen LogP contribution >= 0.6 is 0 Å². The number of carbonyl (C=O) groups is 3. The Labute approximate surface area is 404 Å². The number of rotatable bonds is 47. The molecule has 65 heavy (non-hydrogen) atoms. The van der Waals surface area contributed by atoms with Gasteiger partial charge in [-0.05, 0) is 58.3 Å². The maximum atomic E-state index is 14.0. The Bertz CT molecular complexity index is 1070. The lowest BCUT2D eigenvalue weighted by molar-refractivity contribution is -0.145. The molecule has 384 valence electrons. The number of hydrogen-bond donors (Lipinski definition) is 0. The molecule has 1 aliphatic rings. The highest BCUT2D eigenvalue weighted by Crippen LogP contribution is 2.15. The summed E-state index contributed by atoms with van der Waals surface area (Å²) in [5.41, 5.74) is 0. The molecule has 0 N–H and O–H groups in total. The maximum Gasteiger partial charge on any atom is 0.305 e. The van der Waals surface area contributed by atoms with Crippen LogP contribution in [0.15, 0.2) is 0 Å². The first kappa shape index (κ1) is 61.3. The molecule has 1 atom stereocenters. The first-order valence-electron chi connectivity index (χ1n) is 28.7. The van der Waals surface area contributed by atoms with Crippen LogP contribution in [0.2, 0.25) is 0 Å². The third-order valence-corrected chi connectivity index (χ3v) is 13.8. The number of esters is 1. The van der Waals surface area contributed by atoms with Crippen molar-refractivity contribution < 1.29 is 19.1 Å². The molecule has 0 saturated carbocycles. The van der Waals surface area contributed by atoms with Gasteiger partial charge in [0.1, 0.15) is 0 Å². The first-order valence-corrected chi connectivity index (χ1v) is 28.7. The lowest BCUT2D eigenvalue weighted by atomic mass is 10.1. The summed E-state index contributed by atoms with van der Waals surface area (Å²) >= 11 is 0. The Morgan fingerprint density at radius 2 is 0.708 bits per heavy atom. The second kappa shape index (κ2) is 44.8. The van der Waals surface area contributed by atoms with Crippen molar-refractivity contribution in [2.24, 2.45) is 5.92 Å². The smallest absolute Gasteiger partial charge is 0.305 e. The minimum absolute atomic E-state index is 0.104. The minimum atomic E-state index is -0.104. The SMILES string of the molecule is CCCCCCCCCN(CCCCCCCCC)CCN(CCCCCCCCC)CC(=O)N1CCN(C(=O)CN(CCCCCCCCC)CC(C)COC(=O)CCCCC)CC1. The van der Waals surface area contributed by atoms with Gasteiger partial charge >= 0.3 is 5.97 Å². The molecule has 0 radical (unpaired) electrons. The van der Waals surface area contributed by atoms with E-state index in [1.54, 1.807) is 0 Å². The number of piperazine rings is 1. The molecular weight excluding hydrogens is 807 g/mol. The molecule has 9 heteroatoms. The third-order valence-electron chi connectivity index (χ3n) is 13.8. The molecule has 1 saturated heterocycles. The van der Waals surface area contributed by atoms with E-state index in [1.165, 1.54) is 180 Å². The van der Waals surface area contributed by atoms with Crippen LogP contribution in [0.5, 0.6) is 0 Å². The molecule has 0 aromatic heterocycles. The molecule has 2 amide bonds. The van der Waals surface area contributed by atoms with Crippen molar-refractivity contribution in [1.29, 1.82) is 0 Å². The maximum absolute atomic E-state index is 14.0. The van der Waals surface area contributed by atoms with Crippen LogP contribution < -0.4 is 0 Å². The second-order valence-electron chi connectivity index (χ2n) is 20.3. The van der Waals surface area contributed by atoms with Gasteiger partial charge in [-0.15, -0.1) is 0 Å².